The van der Waals surface area contributed by atoms with Gasteiger partial charge in [-0.05, 0) is 61.2 Å². The predicted octanol–water partition coefficient (Wildman–Crippen LogP) is 3.52. The van der Waals surface area contributed by atoms with Crippen molar-refractivity contribution < 1.29 is 4.79 Å². The molecule has 1 amide bonds. The number of nitrogens with zero attached hydrogens (tertiary/aromatic N) is 1. The molecule has 1 heterocycles. The molecule has 0 saturated carbocycles. The summed E-state index contributed by atoms with van der Waals surface area (Å²) in [6.45, 7) is 0.734. The van der Waals surface area contributed by atoms with Gasteiger partial charge >= 0.3 is 0 Å². The lowest BCUT2D eigenvalue weighted by Gasteiger charge is -2.07. The third-order valence-corrected chi connectivity index (χ3v) is 3.75. The van der Waals surface area contributed by atoms with Crippen molar-refractivity contribution >= 4 is 11.6 Å². The molecule has 0 aliphatic rings. The Morgan fingerprint density at radius 3 is 2.26 bits per heavy atom. The molecule has 0 bridgehead atoms. The third kappa shape index (κ3) is 6.61. The first-order valence-electron chi connectivity index (χ1n) is 8.25. The Labute approximate surface area is 138 Å². The van der Waals surface area contributed by atoms with Crippen LogP contribution in [0.15, 0.2) is 48.8 Å². The number of rotatable bonds is 9. The van der Waals surface area contributed by atoms with Crippen LogP contribution in [-0.4, -0.2) is 17.4 Å². The largest absolute Gasteiger partial charge is 0.330 e. The molecule has 2 aromatic rings. The van der Waals surface area contributed by atoms with Gasteiger partial charge in [0, 0.05) is 24.5 Å². The van der Waals surface area contributed by atoms with E-state index in [2.05, 4.69) is 22.4 Å². The highest BCUT2D eigenvalue weighted by atomic mass is 16.1. The molecular weight excluding hydrogens is 286 g/mol. The van der Waals surface area contributed by atoms with Crippen LogP contribution < -0.4 is 11.1 Å². The molecule has 0 aliphatic heterocycles. The summed E-state index contributed by atoms with van der Waals surface area (Å²) in [7, 11) is 0. The summed E-state index contributed by atoms with van der Waals surface area (Å²) in [4.78, 5) is 15.9. The summed E-state index contributed by atoms with van der Waals surface area (Å²) >= 11 is 0. The van der Waals surface area contributed by atoms with Crippen LogP contribution in [-0.2, 0) is 11.2 Å². The number of pyridine rings is 1. The second kappa shape index (κ2) is 9.74. The van der Waals surface area contributed by atoms with Gasteiger partial charge in [-0.25, -0.2) is 0 Å². The van der Waals surface area contributed by atoms with Crippen molar-refractivity contribution in [2.75, 3.05) is 11.9 Å². The van der Waals surface area contributed by atoms with Crippen LogP contribution in [0, 0.1) is 0 Å². The van der Waals surface area contributed by atoms with E-state index in [1.807, 2.05) is 24.3 Å². The molecule has 4 heteroatoms. The standard InChI is InChI=1S/C19H25N3O/c20-12-4-2-1-3-5-19(23)22-18-8-6-16(7-9-18)15-17-10-13-21-14-11-17/h6-11,13-14H,1-5,12,15,20H2,(H,22,23). The summed E-state index contributed by atoms with van der Waals surface area (Å²) in [5.41, 5.74) is 8.76. The molecule has 0 spiro atoms. The Balaban J connectivity index is 1.75. The number of benzene rings is 1. The number of aromatic nitrogens is 1. The van der Waals surface area contributed by atoms with Crippen LogP contribution in [0.5, 0.6) is 0 Å². The SMILES string of the molecule is NCCCCCCC(=O)Nc1ccc(Cc2ccncc2)cc1. The highest BCUT2D eigenvalue weighted by Crippen LogP contribution is 2.14. The third-order valence-electron chi connectivity index (χ3n) is 3.75. The van der Waals surface area contributed by atoms with Crippen LogP contribution in [0.3, 0.4) is 0 Å². The maximum Gasteiger partial charge on any atom is 0.224 e. The molecule has 0 saturated heterocycles. The van der Waals surface area contributed by atoms with Crippen LogP contribution in [0.1, 0.15) is 43.2 Å². The van der Waals surface area contributed by atoms with E-state index >= 15 is 0 Å². The van der Waals surface area contributed by atoms with Crippen LogP contribution in [0.25, 0.3) is 0 Å². The summed E-state index contributed by atoms with van der Waals surface area (Å²) in [5.74, 6) is 0.0830. The number of nitrogens with one attached hydrogen (secondary N) is 1. The number of anilines is 1. The van der Waals surface area contributed by atoms with Gasteiger partial charge in [-0.15, -0.1) is 0 Å². The average molecular weight is 311 g/mol. The van der Waals surface area contributed by atoms with Gasteiger partial charge in [-0.2, -0.15) is 0 Å². The Bertz CT molecular complexity index is 581. The van der Waals surface area contributed by atoms with Crippen LogP contribution in [0.4, 0.5) is 5.69 Å². The molecule has 4 nitrogen and oxygen atoms in total. The van der Waals surface area contributed by atoms with Gasteiger partial charge in [0.15, 0.2) is 0 Å². The van der Waals surface area contributed by atoms with E-state index < -0.39 is 0 Å². The van der Waals surface area contributed by atoms with Crippen LogP contribution in [0.2, 0.25) is 0 Å². The van der Waals surface area contributed by atoms with Crippen molar-refractivity contribution in [1.29, 1.82) is 0 Å². The number of amides is 1. The Morgan fingerprint density at radius 1 is 0.913 bits per heavy atom. The highest BCUT2D eigenvalue weighted by molar-refractivity contribution is 5.90. The molecule has 1 aromatic carbocycles. The van der Waals surface area contributed by atoms with E-state index in [0.29, 0.717) is 6.42 Å². The number of carbonyl (C=O) groups is 1. The van der Waals surface area contributed by atoms with Crippen molar-refractivity contribution in [1.82, 2.24) is 4.98 Å². The zero-order valence-corrected chi connectivity index (χ0v) is 13.5. The molecule has 3 N–H and O–H groups in total. The lowest BCUT2D eigenvalue weighted by molar-refractivity contribution is -0.116. The summed E-state index contributed by atoms with van der Waals surface area (Å²) in [5, 5.41) is 2.95. The number of hydrogen-bond donors (Lipinski definition) is 2. The van der Waals surface area contributed by atoms with Crippen molar-refractivity contribution in [3.8, 4) is 0 Å². The van der Waals surface area contributed by atoms with E-state index in [9.17, 15) is 4.79 Å². The van der Waals surface area contributed by atoms with Gasteiger partial charge in [-0.3, -0.25) is 9.78 Å². The predicted molar refractivity (Wildman–Crippen MR) is 94.3 cm³/mol. The van der Waals surface area contributed by atoms with Gasteiger partial charge in [0.25, 0.3) is 0 Å². The summed E-state index contributed by atoms with van der Waals surface area (Å²) < 4.78 is 0. The minimum absolute atomic E-state index is 0.0830. The van der Waals surface area contributed by atoms with E-state index in [4.69, 9.17) is 5.73 Å². The fourth-order valence-corrected chi connectivity index (χ4v) is 2.45. The molecule has 0 radical (unpaired) electrons. The van der Waals surface area contributed by atoms with Gasteiger partial charge in [-0.1, -0.05) is 25.0 Å². The lowest BCUT2D eigenvalue weighted by Crippen LogP contribution is -2.11. The van der Waals surface area contributed by atoms with E-state index in [1.54, 1.807) is 12.4 Å². The number of unbranched alkanes of at least 4 members (excludes halogenated alkanes) is 3. The highest BCUT2D eigenvalue weighted by Gasteiger charge is 2.03. The normalized spacial score (nSPS) is 10.5. The fraction of sp³-hybridized carbons (Fsp3) is 0.368. The molecule has 122 valence electrons. The van der Waals surface area contributed by atoms with E-state index in [-0.39, 0.29) is 5.91 Å². The number of hydrogen-bond acceptors (Lipinski definition) is 3. The lowest BCUT2D eigenvalue weighted by atomic mass is 10.1. The molecule has 23 heavy (non-hydrogen) atoms. The quantitative estimate of drug-likeness (QED) is 0.696. The Hall–Kier alpha value is -2.20. The van der Waals surface area contributed by atoms with Crippen molar-refractivity contribution in [3.05, 3.63) is 59.9 Å². The second-order valence-electron chi connectivity index (χ2n) is 5.73. The molecular formula is C19H25N3O. The maximum absolute atomic E-state index is 11.9. The molecule has 0 fully saturated rings. The minimum atomic E-state index is 0.0830. The van der Waals surface area contributed by atoms with Crippen molar-refractivity contribution in [2.45, 2.75) is 38.5 Å². The minimum Gasteiger partial charge on any atom is -0.330 e. The van der Waals surface area contributed by atoms with Crippen molar-refractivity contribution in [3.63, 3.8) is 0 Å². The Kier molecular flexibility index (Phi) is 7.27. The zero-order valence-electron chi connectivity index (χ0n) is 13.5. The van der Waals surface area contributed by atoms with Gasteiger partial charge in [0.05, 0.1) is 0 Å². The van der Waals surface area contributed by atoms with Gasteiger partial charge in [0.1, 0.15) is 0 Å². The molecule has 1 aromatic heterocycles. The molecule has 0 atom stereocenters. The number of nitrogens with two attached hydrogens (primary N) is 1. The average Bonchev–Trinajstić information content (AvgIpc) is 2.57. The monoisotopic (exact) mass is 311 g/mol. The smallest absolute Gasteiger partial charge is 0.224 e. The molecule has 0 aliphatic carbocycles. The molecule has 2 rings (SSSR count). The fourth-order valence-electron chi connectivity index (χ4n) is 2.45. The zero-order chi connectivity index (χ0) is 16.3. The topological polar surface area (TPSA) is 68.0 Å². The maximum atomic E-state index is 11.9. The summed E-state index contributed by atoms with van der Waals surface area (Å²) in [6, 6.07) is 12.1. The first-order valence-corrected chi connectivity index (χ1v) is 8.25. The number of carbonyl (C=O) groups excluding carboxylic acids is 1. The summed E-state index contributed by atoms with van der Waals surface area (Å²) in [6.07, 6.45) is 9.19. The second-order valence-corrected chi connectivity index (χ2v) is 5.73. The van der Waals surface area contributed by atoms with E-state index in [0.717, 1.165) is 44.3 Å². The first kappa shape index (κ1) is 17.2. The van der Waals surface area contributed by atoms with Crippen LogP contribution >= 0.6 is 0 Å². The van der Waals surface area contributed by atoms with Crippen molar-refractivity contribution in [2.24, 2.45) is 5.73 Å². The first-order chi connectivity index (χ1) is 11.3. The van der Waals surface area contributed by atoms with Gasteiger partial charge in [0.2, 0.25) is 5.91 Å². The van der Waals surface area contributed by atoms with E-state index in [1.165, 1.54) is 11.1 Å². The molecule has 0 unspecified atom stereocenters. The van der Waals surface area contributed by atoms with Gasteiger partial charge < -0.3 is 11.1 Å². The Morgan fingerprint density at radius 2 is 1.57 bits per heavy atom.